The van der Waals surface area contributed by atoms with E-state index in [2.05, 4.69) is 4.74 Å². The van der Waals surface area contributed by atoms with Crippen molar-refractivity contribution < 1.29 is 49.0 Å². The minimum absolute atomic E-state index is 0.249. The highest BCUT2D eigenvalue weighted by Crippen LogP contribution is 2.39. The molecular weight excluding hydrogens is 503 g/mol. The lowest BCUT2D eigenvalue weighted by Gasteiger charge is -2.24. The van der Waals surface area contributed by atoms with Gasteiger partial charge in [0.05, 0.1) is 11.8 Å². The van der Waals surface area contributed by atoms with E-state index in [0.29, 0.717) is 24.6 Å². The van der Waals surface area contributed by atoms with Crippen molar-refractivity contribution in [1.82, 2.24) is 0 Å². The van der Waals surface area contributed by atoms with Gasteiger partial charge in [0, 0.05) is 17.7 Å². The third kappa shape index (κ3) is 4.74. The van der Waals surface area contributed by atoms with E-state index in [-0.39, 0.29) is 24.1 Å². The van der Waals surface area contributed by atoms with Crippen LogP contribution >= 0.6 is 0 Å². The molecule has 0 radical (unpaired) electrons. The average Bonchev–Trinajstić information content (AvgIpc) is 2.79. The molecule has 1 atom stereocenters. The van der Waals surface area contributed by atoms with Crippen LogP contribution in [0.25, 0.3) is 11.1 Å². The first-order valence-corrected chi connectivity index (χ1v) is 10.4. The molecule has 0 fully saturated rings. The maximum absolute atomic E-state index is 14.7. The van der Waals surface area contributed by atoms with Crippen LogP contribution in [0.5, 0.6) is 5.75 Å². The Morgan fingerprint density at radius 3 is 1.97 bits per heavy atom. The molecule has 11 heteroatoms. The number of hydrogen-bond acceptors (Lipinski definition) is 2. The van der Waals surface area contributed by atoms with Crippen LogP contribution < -0.4 is 4.74 Å². The molecule has 190 valence electrons. The second-order valence-corrected chi connectivity index (χ2v) is 8.09. The van der Waals surface area contributed by atoms with E-state index >= 15 is 0 Å². The summed E-state index contributed by atoms with van der Waals surface area (Å²) >= 11 is 0. The maximum Gasteiger partial charge on any atom is 0.429 e. The summed E-state index contributed by atoms with van der Waals surface area (Å²) in [6.45, 7) is 1.77. The molecular formula is C25H15F9O2. The van der Waals surface area contributed by atoms with Gasteiger partial charge in [0.1, 0.15) is 29.1 Å². The molecule has 1 aliphatic rings. The SMILES string of the molecule is CC1=COC(c2ccc(C(F)(F)Oc3cc(F)c(-c4cc(F)c(F)c(F)c4)c(F)c3)c(F)c2F)CC1. The Balaban J connectivity index is 1.64. The number of rotatable bonds is 5. The van der Waals surface area contributed by atoms with Gasteiger partial charge in [-0.05, 0) is 49.1 Å². The lowest BCUT2D eigenvalue weighted by atomic mass is 9.98. The van der Waals surface area contributed by atoms with Crippen molar-refractivity contribution in [1.29, 1.82) is 0 Å². The zero-order valence-electron chi connectivity index (χ0n) is 18.3. The van der Waals surface area contributed by atoms with E-state index in [1.54, 1.807) is 6.92 Å². The van der Waals surface area contributed by atoms with Crippen molar-refractivity contribution in [2.75, 3.05) is 0 Å². The zero-order chi connectivity index (χ0) is 26.4. The van der Waals surface area contributed by atoms with Crippen molar-refractivity contribution >= 4 is 0 Å². The summed E-state index contributed by atoms with van der Waals surface area (Å²) in [5.74, 6) is -13.2. The van der Waals surface area contributed by atoms with Gasteiger partial charge in [-0.2, -0.15) is 8.78 Å². The summed E-state index contributed by atoms with van der Waals surface area (Å²) in [4.78, 5) is 0. The van der Waals surface area contributed by atoms with Gasteiger partial charge >= 0.3 is 6.11 Å². The molecule has 0 bridgehead atoms. The van der Waals surface area contributed by atoms with Gasteiger partial charge in [-0.1, -0.05) is 6.07 Å². The van der Waals surface area contributed by atoms with Crippen LogP contribution in [0.3, 0.4) is 0 Å². The number of allylic oxidation sites excluding steroid dienone is 1. The van der Waals surface area contributed by atoms with Gasteiger partial charge in [-0.25, -0.2) is 30.7 Å². The Labute approximate surface area is 198 Å². The lowest BCUT2D eigenvalue weighted by Crippen LogP contribution is -2.25. The van der Waals surface area contributed by atoms with E-state index in [9.17, 15) is 39.5 Å². The van der Waals surface area contributed by atoms with Crippen LogP contribution in [0.15, 0.2) is 48.2 Å². The predicted octanol–water partition coefficient (Wildman–Crippen LogP) is 8.21. The highest BCUT2D eigenvalue weighted by molar-refractivity contribution is 5.66. The van der Waals surface area contributed by atoms with Crippen LogP contribution in [0.4, 0.5) is 39.5 Å². The van der Waals surface area contributed by atoms with Crippen molar-refractivity contribution in [3.05, 3.63) is 100 Å². The Bertz CT molecular complexity index is 1320. The Hall–Kier alpha value is -3.63. The molecule has 0 saturated carbocycles. The van der Waals surface area contributed by atoms with E-state index < -0.39 is 75.4 Å². The van der Waals surface area contributed by atoms with Crippen molar-refractivity contribution in [3.8, 4) is 16.9 Å². The molecule has 0 spiro atoms. The fraction of sp³-hybridized carbons (Fsp3) is 0.200. The summed E-state index contributed by atoms with van der Waals surface area (Å²) in [6.07, 6.45) is -3.31. The van der Waals surface area contributed by atoms with Crippen LogP contribution in [0.2, 0.25) is 0 Å². The molecule has 0 amide bonds. The van der Waals surface area contributed by atoms with E-state index in [0.717, 1.165) is 11.6 Å². The minimum atomic E-state index is -4.58. The first-order chi connectivity index (χ1) is 16.9. The third-order valence-electron chi connectivity index (χ3n) is 5.54. The number of alkyl halides is 2. The lowest BCUT2D eigenvalue weighted by molar-refractivity contribution is -0.187. The number of benzene rings is 3. The smallest absolute Gasteiger partial charge is 0.429 e. The van der Waals surface area contributed by atoms with Crippen molar-refractivity contribution in [2.45, 2.75) is 32.0 Å². The van der Waals surface area contributed by atoms with Gasteiger partial charge < -0.3 is 9.47 Å². The normalized spacial score (nSPS) is 15.9. The summed E-state index contributed by atoms with van der Waals surface area (Å²) in [5.41, 5.74) is -2.78. The van der Waals surface area contributed by atoms with Gasteiger partial charge in [-0.3, -0.25) is 0 Å². The molecule has 0 aliphatic carbocycles. The Kier molecular flexibility index (Phi) is 6.68. The van der Waals surface area contributed by atoms with E-state index in [4.69, 9.17) is 4.74 Å². The molecule has 0 saturated heterocycles. The molecule has 0 aromatic heterocycles. The topological polar surface area (TPSA) is 18.5 Å². The van der Waals surface area contributed by atoms with Gasteiger partial charge in [0.25, 0.3) is 0 Å². The standard InChI is InChI=1S/C25H15F9O2/c1-11-2-5-20(35-10-11)14-3-4-15(23(31)22(14)30)25(33,34)36-13-8-16(26)21(17(27)9-13)12-6-18(28)24(32)19(29)7-12/h3-4,6-10,20H,2,5H2,1H3. The quantitative estimate of drug-likeness (QED) is 0.250. The summed E-state index contributed by atoms with van der Waals surface area (Å²) in [7, 11) is 0. The molecule has 3 aromatic carbocycles. The van der Waals surface area contributed by atoms with Crippen LogP contribution in [-0.2, 0) is 10.8 Å². The largest absolute Gasteiger partial charge is 0.493 e. The monoisotopic (exact) mass is 518 g/mol. The first kappa shape index (κ1) is 25.5. The maximum atomic E-state index is 14.7. The number of hydrogen-bond donors (Lipinski definition) is 0. The van der Waals surface area contributed by atoms with Crippen molar-refractivity contribution in [2.24, 2.45) is 0 Å². The molecule has 1 aliphatic heterocycles. The van der Waals surface area contributed by atoms with Gasteiger partial charge in [0.2, 0.25) is 0 Å². The predicted molar refractivity (Wildman–Crippen MR) is 109 cm³/mol. The fourth-order valence-electron chi connectivity index (χ4n) is 3.74. The Morgan fingerprint density at radius 1 is 0.806 bits per heavy atom. The number of ether oxygens (including phenoxy) is 2. The van der Waals surface area contributed by atoms with Crippen LogP contribution in [0, 0.1) is 40.7 Å². The second kappa shape index (κ2) is 9.44. The average molecular weight is 518 g/mol. The number of halogens is 9. The summed E-state index contributed by atoms with van der Waals surface area (Å²) < 4.78 is 137. The molecule has 0 N–H and O–H groups in total. The third-order valence-corrected chi connectivity index (χ3v) is 5.54. The van der Waals surface area contributed by atoms with E-state index in [1.165, 1.54) is 6.26 Å². The summed E-state index contributed by atoms with van der Waals surface area (Å²) in [5, 5.41) is 0. The van der Waals surface area contributed by atoms with Crippen LogP contribution in [-0.4, -0.2) is 0 Å². The van der Waals surface area contributed by atoms with E-state index in [1.807, 2.05) is 0 Å². The Morgan fingerprint density at radius 2 is 1.42 bits per heavy atom. The molecule has 2 nitrogen and oxygen atoms in total. The molecule has 1 unspecified atom stereocenters. The minimum Gasteiger partial charge on any atom is -0.493 e. The van der Waals surface area contributed by atoms with Crippen molar-refractivity contribution in [3.63, 3.8) is 0 Å². The molecule has 1 heterocycles. The molecule has 4 rings (SSSR count). The summed E-state index contributed by atoms with van der Waals surface area (Å²) in [6, 6.07) is 2.57. The van der Waals surface area contributed by atoms with Crippen LogP contribution in [0.1, 0.15) is 37.0 Å². The fourth-order valence-corrected chi connectivity index (χ4v) is 3.74. The van der Waals surface area contributed by atoms with Gasteiger partial charge in [-0.15, -0.1) is 0 Å². The first-order valence-electron chi connectivity index (χ1n) is 10.4. The molecule has 36 heavy (non-hydrogen) atoms. The highest BCUT2D eigenvalue weighted by Gasteiger charge is 2.40. The molecule has 3 aromatic rings. The second-order valence-electron chi connectivity index (χ2n) is 8.09. The zero-order valence-corrected chi connectivity index (χ0v) is 18.3. The van der Waals surface area contributed by atoms with Gasteiger partial charge in [0.15, 0.2) is 29.1 Å². The highest BCUT2D eigenvalue weighted by atomic mass is 19.3.